The number of nitrogens with zero attached hydrogens (tertiary/aromatic N) is 1. The minimum atomic E-state index is -0.596. The van der Waals surface area contributed by atoms with E-state index in [1.165, 1.54) is 4.90 Å². The predicted octanol–water partition coefficient (Wildman–Crippen LogP) is 1.72. The molecule has 1 saturated heterocycles. The number of carbonyl (C=O) groups excluding carboxylic acids is 4. The number of aryl methyl sites for hydroxylation is 1. The van der Waals surface area contributed by atoms with Crippen molar-refractivity contribution in [1.29, 1.82) is 0 Å². The van der Waals surface area contributed by atoms with Gasteiger partial charge < -0.3 is 10.1 Å². The van der Waals surface area contributed by atoms with E-state index < -0.39 is 11.9 Å². The van der Waals surface area contributed by atoms with Gasteiger partial charge in [0.2, 0.25) is 11.8 Å². The maximum atomic E-state index is 12.4. The third-order valence-electron chi connectivity index (χ3n) is 5.57. The molecule has 1 saturated carbocycles. The summed E-state index contributed by atoms with van der Waals surface area (Å²) in [6.07, 6.45) is 3.33. The highest BCUT2D eigenvalue weighted by Gasteiger charge is 2.47. The van der Waals surface area contributed by atoms with Gasteiger partial charge in [0.05, 0.1) is 18.3 Å². The van der Waals surface area contributed by atoms with Crippen LogP contribution in [-0.4, -0.2) is 41.7 Å². The molecule has 7 nitrogen and oxygen atoms in total. The van der Waals surface area contributed by atoms with E-state index in [0.717, 1.165) is 36.8 Å². The fourth-order valence-corrected chi connectivity index (χ4v) is 3.93. The van der Waals surface area contributed by atoms with Crippen LogP contribution in [0.2, 0.25) is 0 Å². The summed E-state index contributed by atoms with van der Waals surface area (Å²) < 4.78 is 4.97. The highest BCUT2D eigenvalue weighted by atomic mass is 16.5. The van der Waals surface area contributed by atoms with E-state index in [0.29, 0.717) is 6.54 Å². The highest BCUT2D eigenvalue weighted by molar-refractivity contribution is 6.05. The second-order valence-electron chi connectivity index (χ2n) is 7.44. The molecule has 1 heterocycles. The maximum absolute atomic E-state index is 12.4. The molecule has 0 radical (unpaired) electrons. The number of hydrogen-bond acceptors (Lipinski definition) is 5. The zero-order valence-corrected chi connectivity index (χ0v) is 16.1. The predicted molar refractivity (Wildman–Crippen MR) is 101 cm³/mol. The molecule has 1 aliphatic carbocycles. The first-order chi connectivity index (χ1) is 13.5. The molecule has 1 N–H and O–H groups in total. The first kappa shape index (κ1) is 20.0. The molecule has 7 heteroatoms. The minimum Gasteiger partial charge on any atom is -0.456 e. The smallest absolute Gasteiger partial charge is 0.308 e. The van der Waals surface area contributed by atoms with E-state index in [9.17, 15) is 19.2 Å². The van der Waals surface area contributed by atoms with Crippen molar-refractivity contribution < 1.29 is 23.9 Å². The maximum Gasteiger partial charge on any atom is 0.308 e. The molecule has 2 atom stereocenters. The van der Waals surface area contributed by atoms with Gasteiger partial charge in [-0.3, -0.25) is 24.1 Å². The fourth-order valence-electron chi connectivity index (χ4n) is 3.93. The lowest BCUT2D eigenvalue weighted by Gasteiger charge is -2.19. The van der Waals surface area contributed by atoms with Gasteiger partial charge in [-0.25, -0.2) is 0 Å². The van der Waals surface area contributed by atoms with Crippen LogP contribution in [0.5, 0.6) is 0 Å². The molecule has 3 amide bonds. The Balaban J connectivity index is 1.38. The standard InChI is InChI=1S/C21H26N2O5/c1-14-6-2-3-7-15(14)12-22-18(24)13-28-19(25)10-11-23-20(26)16-8-4-5-9-17(16)21(23)27/h2-3,6-7,16-17H,4-5,8-13H2,1H3,(H,22,24)/t16-,17+. The summed E-state index contributed by atoms with van der Waals surface area (Å²) in [4.78, 5) is 49.7. The average molecular weight is 386 g/mol. The van der Waals surface area contributed by atoms with Gasteiger partial charge in [-0.05, 0) is 30.9 Å². The minimum absolute atomic E-state index is 0.0222. The molecule has 1 aromatic rings. The Morgan fingerprint density at radius 3 is 2.39 bits per heavy atom. The number of rotatable bonds is 7. The number of nitrogens with one attached hydrogen (secondary N) is 1. The van der Waals surface area contributed by atoms with Gasteiger partial charge in [-0.15, -0.1) is 0 Å². The summed E-state index contributed by atoms with van der Waals surface area (Å²) in [5, 5.41) is 2.71. The number of carbonyl (C=O) groups is 4. The Morgan fingerprint density at radius 1 is 1.11 bits per heavy atom. The van der Waals surface area contributed by atoms with Gasteiger partial charge >= 0.3 is 5.97 Å². The van der Waals surface area contributed by atoms with Crippen molar-refractivity contribution in [3.63, 3.8) is 0 Å². The van der Waals surface area contributed by atoms with Crippen molar-refractivity contribution >= 4 is 23.7 Å². The van der Waals surface area contributed by atoms with Gasteiger partial charge in [0.15, 0.2) is 6.61 Å². The Kier molecular flexibility index (Phi) is 6.44. The van der Waals surface area contributed by atoms with Gasteiger partial charge in [0.1, 0.15) is 0 Å². The summed E-state index contributed by atoms with van der Waals surface area (Å²) in [7, 11) is 0. The SMILES string of the molecule is Cc1ccccc1CNC(=O)COC(=O)CCN1C(=O)[C@H]2CCCC[C@H]2C1=O. The largest absolute Gasteiger partial charge is 0.456 e. The van der Waals surface area contributed by atoms with Crippen LogP contribution in [-0.2, 0) is 30.5 Å². The molecule has 0 aromatic heterocycles. The number of imide groups is 1. The third kappa shape index (κ3) is 4.58. The molecule has 0 unspecified atom stereocenters. The van der Waals surface area contributed by atoms with Gasteiger partial charge in [-0.2, -0.15) is 0 Å². The number of amides is 3. The number of fused-ring (bicyclic) bond motifs is 1. The molecule has 3 rings (SSSR count). The van der Waals surface area contributed by atoms with Gasteiger partial charge in [-0.1, -0.05) is 37.1 Å². The highest BCUT2D eigenvalue weighted by Crippen LogP contribution is 2.37. The summed E-state index contributed by atoms with van der Waals surface area (Å²) in [5.41, 5.74) is 2.06. The summed E-state index contributed by atoms with van der Waals surface area (Å²) >= 11 is 0. The van der Waals surface area contributed by atoms with E-state index in [-0.39, 0.29) is 43.2 Å². The third-order valence-corrected chi connectivity index (χ3v) is 5.57. The fraction of sp³-hybridized carbons (Fsp3) is 0.524. The van der Waals surface area contributed by atoms with Crippen LogP contribution in [0, 0.1) is 18.8 Å². The quantitative estimate of drug-likeness (QED) is 0.569. The molecule has 1 aromatic carbocycles. The summed E-state index contributed by atoms with van der Waals surface area (Å²) in [6, 6.07) is 7.70. The van der Waals surface area contributed by atoms with Crippen LogP contribution in [0.1, 0.15) is 43.2 Å². The Bertz CT molecular complexity index is 752. The van der Waals surface area contributed by atoms with E-state index in [2.05, 4.69) is 5.32 Å². The number of benzene rings is 1. The van der Waals surface area contributed by atoms with Crippen LogP contribution in [0.25, 0.3) is 0 Å². The van der Waals surface area contributed by atoms with Crippen LogP contribution >= 0.6 is 0 Å². The zero-order chi connectivity index (χ0) is 20.1. The first-order valence-corrected chi connectivity index (χ1v) is 9.79. The summed E-state index contributed by atoms with van der Waals surface area (Å²) in [6.45, 7) is 1.97. The Morgan fingerprint density at radius 2 is 1.75 bits per heavy atom. The van der Waals surface area contributed by atoms with Gasteiger partial charge in [0, 0.05) is 13.1 Å². The first-order valence-electron chi connectivity index (χ1n) is 9.79. The van der Waals surface area contributed by atoms with E-state index in [4.69, 9.17) is 4.74 Å². The molecule has 2 fully saturated rings. The number of hydrogen-bond donors (Lipinski definition) is 1. The second-order valence-corrected chi connectivity index (χ2v) is 7.44. The molecular weight excluding hydrogens is 360 g/mol. The normalized spacial score (nSPS) is 21.4. The van der Waals surface area contributed by atoms with Crippen LogP contribution < -0.4 is 5.32 Å². The summed E-state index contributed by atoms with van der Waals surface area (Å²) in [5.74, 6) is -1.76. The molecule has 0 bridgehead atoms. The monoisotopic (exact) mass is 386 g/mol. The van der Waals surface area contributed by atoms with Crippen LogP contribution in [0.4, 0.5) is 0 Å². The molecule has 1 aliphatic heterocycles. The Hall–Kier alpha value is -2.70. The van der Waals surface area contributed by atoms with Crippen molar-refractivity contribution in [3.8, 4) is 0 Å². The Labute approximate surface area is 164 Å². The van der Waals surface area contributed by atoms with Crippen molar-refractivity contribution in [2.45, 2.75) is 45.6 Å². The molecule has 0 spiro atoms. The molecular formula is C21H26N2O5. The molecule has 28 heavy (non-hydrogen) atoms. The lowest BCUT2D eigenvalue weighted by Crippen LogP contribution is -2.34. The molecule has 150 valence electrons. The van der Waals surface area contributed by atoms with E-state index >= 15 is 0 Å². The van der Waals surface area contributed by atoms with Crippen molar-refractivity contribution in [2.24, 2.45) is 11.8 Å². The van der Waals surface area contributed by atoms with Crippen LogP contribution in [0.3, 0.4) is 0 Å². The van der Waals surface area contributed by atoms with Crippen molar-refractivity contribution in [3.05, 3.63) is 35.4 Å². The topological polar surface area (TPSA) is 92.8 Å². The number of likely N-dealkylation sites (tertiary alicyclic amines) is 1. The van der Waals surface area contributed by atoms with Gasteiger partial charge in [0.25, 0.3) is 5.91 Å². The average Bonchev–Trinajstić information content (AvgIpc) is 2.94. The van der Waals surface area contributed by atoms with Crippen molar-refractivity contribution in [2.75, 3.05) is 13.2 Å². The molecule has 2 aliphatic rings. The van der Waals surface area contributed by atoms with E-state index in [1.54, 1.807) is 0 Å². The second kappa shape index (κ2) is 8.99. The van der Waals surface area contributed by atoms with Crippen molar-refractivity contribution in [1.82, 2.24) is 10.2 Å². The number of esters is 1. The number of ether oxygens (including phenoxy) is 1. The lowest BCUT2D eigenvalue weighted by atomic mass is 9.81. The zero-order valence-electron chi connectivity index (χ0n) is 16.1. The lowest BCUT2D eigenvalue weighted by molar-refractivity contribution is -0.150. The van der Waals surface area contributed by atoms with Crippen LogP contribution in [0.15, 0.2) is 24.3 Å². The van der Waals surface area contributed by atoms with E-state index in [1.807, 2.05) is 31.2 Å².